The van der Waals surface area contributed by atoms with E-state index < -0.39 is 11.7 Å². The van der Waals surface area contributed by atoms with Gasteiger partial charge in [0.2, 0.25) is 0 Å². The third kappa shape index (κ3) is 2.37. The smallest absolute Gasteiger partial charge is 0.370 e. The molecule has 0 saturated carbocycles. The molecular formula is C14H13ClF3N3. The molecule has 2 heterocycles. The molecule has 0 radical (unpaired) electrons. The van der Waals surface area contributed by atoms with Crippen LogP contribution in [0.4, 0.5) is 19.0 Å². The summed E-state index contributed by atoms with van der Waals surface area (Å²) in [5, 5.41) is 7.34. The maximum absolute atomic E-state index is 13.0. The molecule has 1 aliphatic heterocycles. The summed E-state index contributed by atoms with van der Waals surface area (Å²) in [6, 6.07) is 3.93. The van der Waals surface area contributed by atoms with Crippen LogP contribution >= 0.6 is 11.6 Å². The maximum Gasteiger partial charge on any atom is 0.417 e. The lowest BCUT2D eigenvalue weighted by Crippen LogP contribution is -2.06. The zero-order valence-electron chi connectivity index (χ0n) is 11.3. The van der Waals surface area contributed by atoms with E-state index in [0.29, 0.717) is 17.8 Å². The Morgan fingerprint density at radius 2 is 2.14 bits per heavy atom. The molecule has 3 rings (SSSR count). The van der Waals surface area contributed by atoms with Crippen LogP contribution in [0.15, 0.2) is 18.2 Å². The minimum atomic E-state index is -4.47. The first-order valence-corrected chi connectivity index (χ1v) is 7.00. The van der Waals surface area contributed by atoms with Crippen molar-refractivity contribution in [3.8, 4) is 11.3 Å². The summed E-state index contributed by atoms with van der Waals surface area (Å²) in [4.78, 5) is 0. The van der Waals surface area contributed by atoms with E-state index in [1.807, 2.05) is 6.92 Å². The van der Waals surface area contributed by atoms with Gasteiger partial charge in [0.1, 0.15) is 5.82 Å². The predicted molar refractivity (Wildman–Crippen MR) is 75.5 cm³/mol. The minimum Gasteiger partial charge on any atom is -0.370 e. The molecule has 0 spiro atoms. The third-order valence-electron chi connectivity index (χ3n) is 3.56. The molecule has 0 fully saturated rings. The monoisotopic (exact) mass is 315 g/mol. The highest BCUT2D eigenvalue weighted by Crippen LogP contribution is 2.39. The lowest BCUT2D eigenvalue weighted by atomic mass is 10.0. The Bertz CT molecular complexity index is 692. The van der Waals surface area contributed by atoms with Crippen LogP contribution < -0.4 is 5.32 Å². The van der Waals surface area contributed by atoms with E-state index >= 15 is 0 Å². The third-order valence-corrected chi connectivity index (χ3v) is 3.89. The van der Waals surface area contributed by atoms with Crippen LogP contribution in [0.5, 0.6) is 0 Å². The van der Waals surface area contributed by atoms with Crippen LogP contribution in [0.3, 0.4) is 0 Å². The Hall–Kier alpha value is -1.69. The molecule has 0 bridgehead atoms. The fourth-order valence-corrected chi connectivity index (χ4v) is 2.81. The largest absolute Gasteiger partial charge is 0.417 e. The van der Waals surface area contributed by atoms with E-state index in [-0.39, 0.29) is 5.02 Å². The van der Waals surface area contributed by atoms with Crippen LogP contribution in [0.2, 0.25) is 5.02 Å². The number of halogens is 4. The number of anilines is 1. The van der Waals surface area contributed by atoms with Crippen LogP contribution in [0.25, 0.3) is 11.3 Å². The Kier molecular flexibility index (Phi) is 3.36. The van der Waals surface area contributed by atoms with Gasteiger partial charge in [0.05, 0.1) is 16.3 Å². The zero-order chi connectivity index (χ0) is 15.2. The first-order chi connectivity index (χ1) is 9.91. The standard InChI is InChI=1S/C14H13ClF3N3/c1-2-21-13-9(5-6-19-13)12(20-21)8-3-4-11(15)10(7-8)14(16,17)18/h3-4,7,19H,2,5-6H2,1H3. The normalized spacial score (nSPS) is 14.1. The molecule has 1 aromatic heterocycles. The van der Waals surface area contributed by atoms with Crippen LogP contribution in [-0.4, -0.2) is 16.3 Å². The number of fused-ring (bicyclic) bond motifs is 1. The highest BCUT2D eigenvalue weighted by molar-refractivity contribution is 6.31. The van der Waals surface area contributed by atoms with Crippen molar-refractivity contribution in [1.29, 1.82) is 0 Å². The van der Waals surface area contributed by atoms with Crippen molar-refractivity contribution in [1.82, 2.24) is 9.78 Å². The maximum atomic E-state index is 13.0. The van der Waals surface area contributed by atoms with Crippen LogP contribution in [-0.2, 0) is 19.1 Å². The Morgan fingerprint density at radius 1 is 1.38 bits per heavy atom. The van der Waals surface area contributed by atoms with Gasteiger partial charge in [-0.15, -0.1) is 0 Å². The molecule has 0 aliphatic carbocycles. The summed E-state index contributed by atoms with van der Waals surface area (Å²) in [5.74, 6) is 0.899. The van der Waals surface area contributed by atoms with Gasteiger partial charge in [-0.1, -0.05) is 17.7 Å². The molecule has 0 unspecified atom stereocenters. The molecule has 1 aliphatic rings. The fraction of sp³-hybridized carbons (Fsp3) is 0.357. The number of rotatable bonds is 2. The average Bonchev–Trinajstić information content (AvgIpc) is 2.99. The topological polar surface area (TPSA) is 29.9 Å². The SMILES string of the molecule is CCn1nc(-c2ccc(Cl)c(C(F)(F)F)c2)c2c1NCC2. The van der Waals surface area contributed by atoms with Gasteiger partial charge < -0.3 is 5.32 Å². The van der Waals surface area contributed by atoms with Gasteiger partial charge in [0, 0.05) is 24.2 Å². The van der Waals surface area contributed by atoms with Crippen molar-refractivity contribution >= 4 is 17.4 Å². The molecule has 2 aromatic rings. The number of benzene rings is 1. The summed E-state index contributed by atoms with van der Waals surface area (Å²) in [6.07, 6.45) is -3.71. The average molecular weight is 316 g/mol. The molecular weight excluding hydrogens is 303 g/mol. The first kappa shape index (κ1) is 14.3. The number of aryl methyl sites for hydroxylation is 1. The van der Waals surface area contributed by atoms with E-state index in [1.54, 1.807) is 10.7 Å². The minimum absolute atomic E-state index is 0.295. The number of nitrogens with one attached hydrogen (secondary N) is 1. The van der Waals surface area contributed by atoms with Gasteiger partial charge in [-0.05, 0) is 25.5 Å². The molecule has 0 saturated heterocycles. The summed E-state index contributed by atoms with van der Waals surface area (Å²) in [5.41, 5.74) is 1.18. The van der Waals surface area contributed by atoms with E-state index in [1.165, 1.54) is 6.07 Å². The second-order valence-corrected chi connectivity index (χ2v) is 5.27. The van der Waals surface area contributed by atoms with Gasteiger partial charge in [0.15, 0.2) is 0 Å². The predicted octanol–water partition coefficient (Wildman–Crippen LogP) is 4.21. The molecule has 0 amide bonds. The van der Waals surface area contributed by atoms with Crippen molar-refractivity contribution < 1.29 is 13.2 Å². The van der Waals surface area contributed by atoms with Crippen molar-refractivity contribution in [2.45, 2.75) is 26.1 Å². The first-order valence-electron chi connectivity index (χ1n) is 6.62. The molecule has 1 N–H and O–H groups in total. The van der Waals surface area contributed by atoms with Gasteiger partial charge in [0.25, 0.3) is 0 Å². The van der Waals surface area contributed by atoms with Gasteiger partial charge in [-0.3, -0.25) is 0 Å². The van der Waals surface area contributed by atoms with Gasteiger partial charge in [-0.25, -0.2) is 4.68 Å². The Balaban J connectivity index is 2.14. The van der Waals surface area contributed by atoms with Crippen molar-refractivity contribution in [2.24, 2.45) is 0 Å². The van der Waals surface area contributed by atoms with Crippen LogP contribution in [0, 0.1) is 0 Å². The van der Waals surface area contributed by atoms with E-state index in [0.717, 1.165) is 30.4 Å². The zero-order valence-corrected chi connectivity index (χ0v) is 12.0. The molecule has 7 heteroatoms. The van der Waals surface area contributed by atoms with E-state index in [9.17, 15) is 13.2 Å². The molecule has 112 valence electrons. The lowest BCUT2D eigenvalue weighted by Gasteiger charge is -2.10. The number of alkyl halides is 3. The van der Waals surface area contributed by atoms with E-state index in [4.69, 9.17) is 11.6 Å². The molecule has 3 nitrogen and oxygen atoms in total. The van der Waals surface area contributed by atoms with Crippen molar-refractivity contribution in [3.63, 3.8) is 0 Å². The summed E-state index contributed by atoms with van der Waals surface area (Å²) in [6.45, 7) is 3.38. The van der Waals surface area contributed by atoms with Crippen molar-refractivity contribution in [2.75, 3.05) is 11.9 Å². The number of aromatic nitrogens is 2. The number of nitrogens with zero attached hydrogens (tertiary/aromatic N) is 2. The summed E-state index contributed by atoms with van der Waals surface area (Å²) in [7, 11) is 0. The van der Waals surface area contributed by atoms with Crippen LogP contribution in [0.1, 0.15) is 18.1 Å². The molecule has 1 aromatic carbocycles. The molecule has 21 heavy (non-hydrogen) atoms. The van der Waals surface area contributed by atoms with Gasteiger partial charge in [-0.2, -0.15) is 18.3 Å². The second-order valence-electron chi connectivity index (χ2n) is 4.86. The highest BCUT2D eigenvalue weighted by Gasteiger charge is 2.34. The second kappa shape index (κ2) is 4.94. The number of hydrogen-bond donors (Lipinski definition) is 1. The Morgan fingerprint density at radius 3 is 2.81 bits per heavy atom. The molecule has 0 atom stereocenters. The van der Waals surface area contributed by atoms with E-state index in [2.05, 4.69) is 10.4 Å². The highest BCUT2D eigenvalue weighted by atomic mass is 35.5. The summed E-state index contributed by atoms with van der Waals surface area (Å²) < 4.78 is 40.7. The summed E-state index contributed by atoms with van der Waals surface area (Å²) >= 11 is 5.66. The number of hydrogen-bond acceptors (Lipinski definition) is 2. The van der Waals surface area contributed by atoms with Gasteiger partial charge >= 0.3 is 6.18 Å². The Labute approximate surface area is 124 Å². The van der Waals surface area contributed by atoms with Crippen molar-refractivity contribution in [3.05, 3.63) is 34.3 Å². The fourth-order valence-electron chi connectivity index (χ4n) is 2.59. The lowest BCUT2D eigenvalue weighted by molar-refractivity contribution is -0.137. The quantitative estimate of drug-likeness (QED) is 0.899.